The summed E-state index contributed by atoms with van der Waals surface area (Å²) in [6, 6.07) is 0. The Labute approximate surface area is 118 Å². The van der Waals surface area contributed by atoms with E-state index in [1.807, 2.05) is 0 Å². The molecule has 9 heteroatoms. The largest absolute Gasteiger partial charge is 0.390 e. The molecule has 0 aromatic carbocycles. The van der Waals surface area contributed by atoms with Crippen LogP contribution in [0.2, 0.25) is 0 Å². The summed E-state index contributed by atoms with van der Waals surface area (Å²) >= 11 is 0. The highest BCUT2D eigenvalue weighted by molar-refractivity contribution is 7.90. The first-order chi connectivity index (χ1) is 9.32. The van der Waals surface area contributed by atoms with Crippen LogP contribution in [0.5, 0.6) is 0 Å². The number of aromatic nitrogens is 3. The molecule has 0 spiro atoms. The quantitative estimate of drug-likeness (QED) is 0.699. The fourth-order valence-corrected chi connectivity index (χ4v) is 4.04. The second-order valence-corrected chi connectivity index (χ2v) is 7.03. The minimum absolute atomic E-state index is 0.0238. The van der Waals surface area contributed by atoms with E-state index in [2.05, 4.69) is 19.7 Å². The van der Waals surface area contributed by atoms with Crippen molar-refractivity contribution in [1.82, 2.24) is 24.2 Å². The Bertz CT molecular complexity index is 582. The molecule has 8 nitrogen and oxygen atoms in total. The third kappa shape index (κ3) is 2.53. The van der Waals surface area contributed by atoms with Gasteiger partial charge in [0, 0.05) is 6.92 Å². The maximum Gasteiger partial charge on any atom is 0.333 e. The molecular formula is C11H20N5O3S+. The highest BCUT2D eigenvalue weighted by atomic mass is 32.2. The molecule has 1 aliphatic heterocycles. The zero-order chi connectivity index (χ0) is 15.0. The summed E-state index contributed by atoms with van der Waals surface area (Å²) in [5, 5.41) is 8.61. The van der Waals surface area contributed by atoms with Gasteiger partial charge in [0.15, 0.2) is 0 Å². The van der Waals surface area contributed by atoms with Gasteiger partial charge in [0.05, 0.1) is 13.2 Å². The van der Waals surface area contributed by atoms with Crippen LogP contribution in [0.3, 0.4) is 0 Å². The molecule has 2 heterocycles. The summed E-state index contributed by atoms with van der Waals surface area (Å²) in [6.45, 7) is 6.03. The number of rotatable bonds is 3. The monoisotopic (exact) mass is 302 g/mol. The van der Waals surface area contributed by atoms with Crippen LogP contribution in [0.15, 0.2) is 0 Å². The summed E-state index contributed by atoms with van der Waals surface area (Å²) in [4.78, 5) is 12.7. The standard InChI is InChI=1S/C11H20N5O3S/c1-8-13-9(2)15-11(14-8)16(6-7-17)5-4-12-20(18,19)10(16)3/h10,12,17H,4-7H2,1-3H3/q+1. The molecule has 2 atom stereocenters. The Balaban J connectivity index is 2.59. The predicted molar refractivity (Wildman–Crippen MR) is 74.3 cm³/mol. The van der Waals surface area contributed by atoms with E-state index in [0.29, 0.717) is 30.7 Å². The van der Waals surface area contributed by atoms with E-state index in [1.165, 1.54) is 0 Å². The summed E-state index contributed by atoms with van der Waals surface area (Å²) in [7, 11) is -3.45. The van der Waals surface area contributed by atoms with Crippen LogP contribution in [0, 0.1) is 13.8 Å². The number of nitrogens with one attached hydrogen (secondary N) is 1. The van der Waals surface area contributed by atoms with Crippen molar-refractivity contribution in [3.63, 3.8) is 0 Å². The zero-order valence-electron chi connectivity index (χ0n) is 11.9. The summed E-state index contributed by atoms with van der Waals surface area (Å²) in [5.74, 6) is 1.50. The van der Waals surface area contributed by atoms with Crippen molar-refractivity contribution in [2.45, 2.75) is 26.1 Å². The molecule has 1 aromatic heterocycles. The van der Waals surface area contributed by atoms with Gasteiger partial charge < -0.3 is 5.11 Å². The molecule has 0 aliphatic carbocycles. The number of hydrogen-bond donors (Lipinski definition) is 2. The summed E-state index contributed by atoms with van der Waals surface area (Å²) in [6.07, 6.45) is 0. The lowest BCUT2D eigenvalue weighted by molar-refractivity contribution is 0.174. The van der Waals surface area contributed by atoms with Gasteiger partial charge in [-0.3, -0.25) is 0 Å². The SMILES string of the molecule is Cc1nc(C)nc([N+]2(CCO)CCNS(=O)(=O)C2C)n1. The third-order valence-corrected chi connectivity index (χ3v) is 5.61. The van der Waals surface area contributed by atoms with Crippen LogP contribution in [-0.2, 0) is 10.0 Å². The van der Waals surface area contributed by atoms with Gasteiger partial charge in [0.1, 0.15) is 24.7 Å². The summed E-state index contributed by atoms with van der Waals surface area (Å²) in [5.41, 5.74) is 0. The fraction of sp³-hybridized carbons (Fsp3) is 0.727. The van der Waals surface area contributed by atoms with E-state index in [0.717, 1.165) is 0 Å². The third-order valence-electron chi connectivity index (χ3n) is 3.70. The average molecular weight is 302 g/mol. The van der Waals surface area contributed by atoms with E-state index < -0.39 is 15.4 Å². The second kappa shape index (κ2) is 5.32. The molecule has 2 N–H and O–H groups in total. The molecule has 1 fully saturated rings. The topological polar surface area (TPSA) is 105 Å². The predicted octanol–water partition coefficient (Wildman–Crippen LogP) is -0.933. The van der Waals surface area contributed by atoms with Crippen molar-refractivity contribution < 1.29 is 13.5 Å². The molecule has 2 unspecified atom stereocenters. The Morgan fingerprint density at radius 3 is 2.45 bits per heavy atom. The normalized spacial score (nSPS) is 29.3. The maximum absolute atomic E-state index is 12.1. The number of aryl methyl sites for hydroxylation is 2. The first-order valence-corrected chi connectivity index (χ1v) is 8.02. The lowest BCUT2D eigenvalue weighted by Crippen LogP contribution is -2.68. The number of aliphatic hydroxyl groups is 1. The van der Waals surface area contributed by atoms with Crippen molar-refractivity contribution in [3.05, 3.63) is 11.6 Å². The van der Waals surface area contributed by atoms with Crippen LogP contribution in [-0.4, -0.2) is 60.1 Å². The van der Waals surface area contributed by atoms with E-state index in [1.54, 1.807) is 20.8 Å². The molecule has 0 radical (unpaired) electrons. The van der Waals surface area contributed by atoms with E-state index in [-0.39, 0.29) is 17.6 Å². The van der Waals surface area contributed by atoms with Crippen molar-refractivity contribution in [1.29, 1.82) is 0 Å². The van der Waals surface area contributed by atoms with Crippen molar-refractivity contribution in [2.24, 2.45) is 0 Å². The van der Waals surface area contributed by atoms with Crippen molar-refractivity contribution in [2.75, 3.05) is 26.2 Å². The zero-order valence-corrected chi connectivity index (χ0v) is 12.7. The van der Waals surface area contributed by atoms with Gasteiger partial charge in [-0.1, -0.05) is 0 Å². The molecular weight excluding hydrogens is 282 g/mol. The van der Waals surface area contributed by atoms with E-state index >= 15 is 0 Å². The van der Waals surface area contributed by atoms with Gasteiger partial charge in [-0.15, -0.1) is 0 Å². The van der Waals surface area contributed by atoms with Crippen molar-refractivity contribution in [3.8, 4) is 0 Å². The van der Waals surface area contributed by atoms with Gasteiger partial charge in [-0.2, -0.15) is 9.97 Å². The van der Waals surface area contributed by atoms with Gasteiger partial charge in [0.2, 0.25) is 5.37 Å². The number of quaternary nitrogens is 1. The molecule has 1 aromatic rings. The minimum atomic E-state index is -3.45. The van der Waals surface area contributed by atoms with Gasteiger partial charge in [0.25, 0.3) is 10.0 Å². The number of nitrogens with zero attached hydrogens (tertiary/aromatic N) is 4. The second-order valence-electron chi connectivity index (χ2n) is 4.97. The van der Waals surface area contributed by atoms with Crippen LogP contribution < -0.4 is 9.21 Å². The first-order valence-electron chi connectivity index (χ1n) is 6.48. The smallest absolute Gasteiger partial charge is 0.333 e. The Hall–Kier alpha value is -1.16. The summed E-state index contributed by atoms with van der Waals surface area (Å²) < 4.78 is 26.8. The van der Waals surface area contributed by atoms with Gasteiger partial charge in [-0.25, -0.2) is 22.6 Å². The molecule has 1 saturated heterocycles. The van der Waals surface area contributed by atoms with Crippen LogP contribution in [0.1, 0.15) is 18.6 Å². The van der Waals surface area contributed by atoms with Crippen LogP contribution >= 0.6 is 0 Å². The molecule has 0 saturated carbocycles. The number of aliphatic hydroxyl groups excluding tert-OH is 1. The Morgan fingerprint density at radius 1 is 1.30 bits per heavy atom. The molecule has 0 amide bonds. The van der Waals surface area contributed by atoms with Crippen LogP contribution in [0.4, 0.5) is 5.95 Å². The van der Waals surface area contributed by atoms with E-state index in [4.69, 9.17) is 0 Å². The highest BCUT2D eigenvalue weighted by Gasteiger charge is 2.49. The minimum Gasteiger partial charge on any atom is -0.390 e. The average Bonchev–Trinajstić information content (AvgIpc) is 2.34. The fourth-order valence-electron chi connectivity index (χ4n) is 2.59. The maximum atomic E-state index is 12.1. The number of hydrogen-bond acceptors (Lipinski definition) is 6. The molecule has 112 valence electrons. The molecule has 1 aliphatic rings. The van der Waals surface area contributed by atoms with Gasteiger partial charge >= 0.3 is 5.95 Å². The van der Waals surface area contributed by atoms with Gasteiger partial charge in [-0.05, 0) is 13.8 Å². The van der Waals surface area contributed by atoms with Crippen molar-refractivity contribution >= 4 is 16.0 Å². The first kappa shape index (κ1) is 15.2. The highest BCUT2D eigenvalue weighted by Crippen LogP contribution is 2.27. The molecule has 0 bridgehead atoms. The van der Waals surface area contributed by atoms with Crippen LogP contribution in [0.25, 0.3) is 0 Å². The lowest BCUT2D eigenvalue weighted by Gasteiger charge is -2.42. The Kier molecular flexibility index (Phi) is 4.05. The lowest BCUT2D eigenvalue weighted by atomic mass is 10.3. The number of sulfonamides is 1. The molecule has 2 rings (SSSR count). The van der Waals surface area contributed by atoms with E-state index in [9.17, 15) is 13.5 Å². The molecule has 20 heavy (non-hydrogen) atoms. The Morgan fingerprint density at radius 2 is 1.90 bits per heavy atom.